The van der Waals surface area contributed by atoms with Gasteiger partial charge in [0.05, 0.1) is 16.0 Å². The van der Waals surface area contributed by atoms with Gasteiger partial charge >= 0.3 is 0 Å². The van der Waals surface area contributed by atoms with E-state index in [0.717, 1.165) is 17.4 Å². The molecule has 1 amide bonds. The Labute approximate surface area is 170 Å². The summed E-state index contributed by atoms with van der Waals surface area (Å²) in [5.74, 6) is 5.76. The Balaban J connectivity index is 1.67. The van der Waals surface area contributed by atoms with Gasteiger partial charge in [-0.15, -0.1) is 0 Å². The summed E-state index contributed by atoms with van der Waals surface area (Å²) in [6.45, 7) is 0.272. The van der Waals surface area contributed by atoms with Gasteiger partial charge in [0.2, 0.25) is 0 Å². The van der Waals surface area contributed by atoms with Crippen LogP contribution in [0.5, 0.6) is 0 Å². The molecule has 0 aliphatic carbocycles. The van der Waals surface area contributed by atoms with Crippen LogP contribution < -0.4 is 5.32 Å². The van der Waals surface area contributed by atoms with Crippen molar-refractivity contribution in [3.05, 3.63) is 89.5 Å². The van der Waals surface area contributed by atoms with Crippen molar-refractivity contribution >= 4 is 15.7 Å². The Morgan fingerprint density at radius 1 is 1.00 bits per heavy atom. The van der Waals surface area contributed by atoms with E-state index in [1.54, 1.807) is 43.0 Å². The second-order valence-corrected chi connectivity index (χ2v) is 8.38. The SMILES string of the molecule is CS(=O)(=O)c1ccc(CNC(=O)c2ccncc2C#CCc2cccnc2)cc1. The van der Waals surface area contributed by atoms with Crippen LogP contribution in [0.2, 0.25) is 0 Å². The van der Waals surface area contributed by atoms with E-state index in [2.05, 4.69) is 27.1 Å². The number of carbonyl (C=O) groups is 1. The molecule has 0 aliphatic heterocycles. The molecule has 0 spiro atoms. The number of hydrogen-bond donors (Lipinski definition) is 1. The van der Waals surface area contributed by atoms with Crippen molar-refractivity contribution in [1.82, 2.24) is 15.3 Å². The van der Waals surface area contributed by atoms with E-state index in [-0.39, 0.29) is 17.3 Å². The lowest BCUT2D eigenvalue weighted by Crippen LogP contribution is -2.23. The first-order chi connectivity index (χ1) is 13.9. The molecule has 0 saturated heterocycles. The van der Waals surface area contributed by atoms with Gasteiger partial charge in [-0.1, -0.05) is 30.0 Å². The summed E-state index contributed by atoms with van der Waals surface area (Å²) in [5.41, 5.74) is 2.77. The highest BCUT2D eigenvalue weighted by atomic mass is 32.2. The molecule has 2 heterocycles. The van der Waals surface area contributed by atoms with Crippen molar-refractivity contribution in [2.45, 2.75) is 17.9 Å². The van der Waals surface area contributed by atoms with Crippen molar-refractivity contribution in [3.63, 3.8) is 0 Å². The number of amides is 1. The van der Waals surface area contributed by atoms with E-state index in [1.165, 1.54) is 12.1 Å². The summed E-state index contributed by atoms with van der Waals surface area (Å²) in [5, 5.41) is 2.83. The Kier molecular flexibility index (Phi) is 6.37. The normalized spacial score (nSPS) is 10.7. The van der Waals surface area contributed by atoms with E-state index in [0.29, 0.717) is 17.5 Å². The zero-order chi connectivity index (χ0) is 20.7. The predicted molar refractivity (Wildman–Crippen MR) is 110 cm³/mol. The largest absolute Gasteiger partial charge is 0.348 e. The molecule has 0 aliphatic rings. The summed E-state index contributed by atoms with van der Waals surface area (Å²) in [6, 6.07) is 11.8. The predicted octanol–water partition coefficient (Wildman–Crippen LogP) is 2.40. The number of benzene rings is 1. The maximum absolute atomic E-state index is 12.6. The molecule has 146 valence electrons. The second kappa shape index (κ2) is 9.13. The molecule has 1 aromatic carbocycles. The Hall–Kier alpha value is -3.50. The van der Waals surface area contributed by atoms with Crippen molar-refractivity contribution in [1.29, 1.82) is 0 Å². The van der Waals surface area contributed by atoms with Crippen LogP contribution >= 0.6 is 0 Å². The van der Waals surface area contributed by atoms with Gasteiger partial charge in [-0.2, -0.15) is 0 Å². The maximum Gasteiger partial charge on any atom is 0.252 e. The zero-order valence-corrected chi connectivity index (χ0v) is 16.6. The van der Waals surface area contributed by atoms with Crippen molar-refractivity contribution in [2.75, 3.05) is 6.26 Å². The molecule has 3 rings (SSSR count). The number of nitrogens with zero attached hydrogens (tertiary/aromatic N) is 2. The summed E-state index contributed by atoms with van der Waals surface area (Å²) >= 11 is 0. The van der Waals surface area contributed by atoms with Crippen LogP contribution in [0.25, 0.3) is 0 Å². The summed E-state index contributed by atoms with van der Waals surface area (Å²) in [6.07, 6.45) is 8.24. The van der Waals surface area contributed by atoms with Gasteiger partial charge in [0.15, 0.2) is 9.84 Å². The maximum atomic E-state index is 12.6. The van der Waals surface area contributed by atoms with Gasteiger partial charge in [-0.25, -0.2) is 8.42 Å². The highest BCUT2D eigenvalue weighted by molar-refractivity contribution is 7.90. The minimum absolute atomic E-state index is 0.243. The fourth-order valence-electron chi connectivity index (χ4n) is 2.57. The molecule has 3 aromatic rings. The number of hydrogen-bond acceptors (Lipinski definition) is 5. The monoisotopic (exact) mass is 405 g/mol. The number of carbonyl (C=O) groups excluding carboxylic acids is 1. The lowest BCUT2D eigenvalue weighted by atomic mass is 10.1. The molecule has 6 nitrogen and oxygen atoms in total. The van der Waals surface area contributed by atoms with Crippen LogP contribution in [-0.2, 0) is 22.8 Å². The molecule has 2 aromatic heterocycles. The summed E-state index contributed by atoms with van der Waals surface area (Å²) in [4.78, 5) is 20.9. The number of pyridine rings is 2. The smallest absolute Gasteiger partial charge is 0.252 e. The molecule has 7 heteroatoms. The van der Waals surface area contributed by atoms with Crippen molar-refractivity contribution in [2.24, 2.45) is 0 Å². The molecule has 0 bridgehead atoms. The topological polar surface area (TPSA) is 89.0 Å². The van der Waals surface area contributed by atoms with Gasteiger partial charge < -0.3 is 5.32 Å². The highest BCUT2D eigenvalue weighted by Gasteiger charge is 2.11. The Morgan fingerprint density at radius 3 is 2.45 bits per heavy atom. The zero-order valence-electron chi connectivity index (χ0n) is 15.8. The van der Waals surface area contributed by atoms with Crippen LogP contribution in [0.4, 0.5) is 0 Å². The van der Waals surface area contributed by atoms with Crippen LogP contribution in [-0.4, -0.2) is 30.5 Å². The van der Waals surface area contributed by atoms with Crippen molar-refractivity contribution in [3.8, 4) is 11.8 Å². The van der Waals surface area contributed by atoms with Gasteiger partial charge in [0.1, 0.15) is 0 Å². The minimum Gasteiger partial charge on any atom is -0.348 e. The average Bonchev–Trinajstić information content (AvgIpc) is 2.73. The summed E-state index contributed by atoms with van der Waals surface area (Å²) < 4.78 is 23.0. The Bertz CT molecular complexity index is 1160. The third-order valence-corrected chi connectivity index (χ3v) is 5.24. The molecule has 0 radical (unpaired) electrons. The lowest BCUT2D eigenvalue weighted by molar-refractivity contribution is 0.0950. The van der Waals surface area contributed by atoms with E-state index < -0.39 is 9.84 Å². The Morgan fingerprint density at radius 2 is 1.76 bits per heavy atom. The highest BCUT2D eigenvalue weighted by Crippen LogP contribution is 2.11. The van der Waals surface area contributed by atoms with Gasteiger partial charge in [-0.05, 0) is 35.4 Å². The fraction of sp³-hybridized carbons (Fsp3) is 0.136. The molecule has 29 heavy (non-hydrogen) atoms. The first kappa shape index (κ1) is 20.2. The minimum atomic E-state index is -3.24. The third kappa shape index (κ3) is 5.74. The van der Waals surface area contributed by atoms with Crippen LogP contribution in [0.15, 0.2) is 72.1 Å². The quantitative estimate of drug-likeness (QED) is 0.659. The summed E-state index contributed by atoms with van der Waals surface area (Å²) in [7, 11) is -3.24. The average molecular weight is 405 g/mol. The first-order valence-corrected chi connectivity index (χ1v) is 10.7. The molecule has 0 saturated carbocycles. The van der Waals surface area contributed by atoms with E-state index in [9.17, 15) is 13.2 Å². The molecule has 0 atom stereocenters. The molecule has 0 fully saturated rings. The van der Waals surface area contributed by atoms with Gasteiger partial charge in [0, 0.05) is 44.0 Å². The lowest BCUT2D eigenvalue weighted by Gasteiger charge is -2.07. The second-order valence-electron chi connectivity index (χ2n) is 6.36. The van der Waals surface area contributed by atoms with Crippen LogP contribution in [0.1, 0.15) is 27.0 Å². The van der Waals surface area contributed by atoms with Crippen LogP contribution in [0, 0.1) is 11.8 Å². The molecule has 1 N–H and O–H groups in total. The first-order valence-electron chi connectivity index (χ1n) is 8.82. The number of rotatable bonds is 5. The number of aromatic nitrogens is 2. The van der Waals surface area contributed by atoms with Crippen LogP contribution in [0.3, 0.4) is 0 Å². The van der Waals surface area contributed by atoms with Gasteiger partial charge in [-0.3, -0.25) is 14.8 Å². The molecular formula is C22H19N3O3S. The molecule has 0 unspecified atom stereocenters. The molecular weight excluding hydrogens is 386 g/mol. The fourth-order valence-corrected chi connectivity index (χ4v) is 3.20. The number of sulfone groups is 1. The third-order valence-electron chi connectivity index (χ3n) is 4.11. The van der Waals surface area contributed by atoms with Crippen molar-refractivity contribution < 1.29 is 13.2 Å². The number of nitrogens with one attached hydrogen (secondary N) is 1. The van der Waals surface area contributed by atoms with E-state index in [1.807, 2.05) is 12.1 Å². The van der Waals surface area contributed by atoms with E-state index in [4.69, 9.17) is 0 Å². The van der Waals surface area contributed by atoms with E-state index >= 15 is 0 Å². The van der Waals surface area contributed by atoms with Gasteiger partial charge in [0.25, 0.3) is 5.91 Å². The standard InChI is InChI=1S/C22H19N3O3S/c1-29(27,28)20-9-7-18(8-10-20)15-25-22(26)21-11-13-24-16-19(21)6-2-4-17-5-3-12-23-14-17/h3,5,7-14,16H,4,15H2,1H3,(H,25,26).